The van der Waals surface area contributed by atoms with E-state index in [1.807, 2.05) is 91.0 Å². The Kier molecular flexibility index (Phi) is 20.4. The second-order valence-electron chi connectivity index (χ2n) is 37.3. The third-order valence-electron chi connectivity index (χ3n) is 28.9. The van der Waals surface area contributed by atoms with Crippen LogP contribution >= 0.6 is 0 Å². The Morgan fingerprint density at radius 2 is 0.466 bits per heavy atom. The topological polar surface area (TPSA) is 110 Å². The van der Waals surface area contributed by atoms with Gasteiger partial charge in [0.2, 0.25) is 0 Å². The molecule has 0 bridgehead atoms. The fraction of sp³-hybridized carbons (Fsp3) is 0. The SMILES string of the molecule is c1ccc(-c2cc(-n3c4ccccc4c4cc(-c5ccc6c(c5)c5ccccc5n6-c5ccccc5)ccc43)nc3ccccc23)cc1.c1ccc(-c2nc(-c3cccc(-n4c5ccc6ccccc6c5c5c6ccccc6ccc54)c3)nc(-c3ccc4ccccc4c3)n2)cc1.c1ccc(-c2nc(-c3ccccc3)nc(-c3ccc(-n4c5ccc6ccccc6c5c5c6ccccc6ccc54)c4ccccc34)n2)cc1. The van der Waals surface area contributed by atoms with E-state index in [0.717, 1.165) is 88.7 Å². The van der Waals surface area contributed by atoms with Crippen LogP contribution < -0.4 is 0 Å². The van der Waals surface area contributed by atoms with Gasteiger partial charge in [-0.15, -0.1) is 0 Å². The second kappa shape index (κ2) is 35.2. The quantitative estimate of drug-likeness (QED) is 0.120. The van der Waals surface area contributed by atoms with E-state index < -0.39 is 0 Å². The first-order valence-electron chi connectivity index (χ1n) is 49.5. The van der Waals surface area contributed by atoms with E-state index in [0.29, 0.717) is 34.9 Å². The molecular weight excluding hydrogens is 1780 g/mol. The summed E-state index contributed by atoms with van der Waals surface area (Å²) in [7, 11) is 0. The lowest BCUT2D eigenvalue weighted by Crippen LogP contribution is -2.01. The van der Waals surface area contributed by atoms with E-state index in [1.165, 1.54) is 153 Å². The number of benzene rings is 23. The molecule has 11 nitrogen and oxygen atoms in total. The highest BCUT2D eigenvalue weighted by molar-refractivity contribution is 6.31. The third kappa shape index (κ3) is 14.5. The van der Waals surface area contributed by atoms with Crippen molar-refractivity contribution in [3.63, 3.8) is 0 Å². The molecule has 0 saturated carbocycles. The molecule has 0 spiro atoms. The van der Waals surface area contributed by atoms with Crippen molar-refractivity contribution in [2.75, 3.05) is 0 Å². The van der Waals surface area contributed by atoms with E-state index in [2.05, 4.69) is 443 Å². The lowest BCUT2D eigenvalue weighted by molar-refractivity contribution is 1.07. The molecule has 0 amide bonds. The molecule has 680 valence electrons. The first kappa shape index (κ1) is 84.3. The minimum Gasteiger partial charge on any atom is -0.309 e. The average molecular weight is 1860 g/mol. The number of aromatic nitrogens is 11. The summed E-state index contributed by atoms with van der Waals surface area (Å²) in [4.78, 5) is 35.5. The highest BCUT2D eigenvalue weighted by atomic mass is 15.1. The first-order valence-corrected chi connectivity index (χ1v) is 49.5. The maximum Gasteiger partial charge on any atom is 0.164 e. The predicted octanol–water partition coefficient (Wildman–Crippen LogP) is 34.6. The predicted molar refractivity (Wildman–Crippen MR) is 607 cm³/mol. The van der Waals surface area contributed by atoms with Gasteiger partial charge >= 0.3 is 0 Å². The molecule has 0 aliphatic rings. The van der Waals surface area contributed by atoms with Crippen LogP contribution in [0, 0.1) is 0 Å². The number of rotatable bonds is 12. The Morgan fingerprint density at radius 3 is 0.966 bits per heavy atom. The molecule has 146 heavy (non-hydrogen) atoms. The minimum atomic E-state index is 0.635. The molecule has 30 aromatic rings. The van der Waals surface area contributed by atoms with Gasteiger partial charge in [-0.3, -0.25) is 4.57 Å². The van der Waals surface area contributed by atoms with Gasteiger partial charge in [0.1, 0.15) is 5.82 Å². The minimum absolute atomic E-state index is 0.635. The molecule has 30 rings (SSSR count). The zero-order valence-electron chi connectivity index (χ0n) is 79.0. The van der Waals surface area contributed by atoms with Gasteiger partial charge in [0.25, 0.3) is 0 Å². The van der Waals surface area contributed by atoms with Crippen molar-refractivity contribution in [1.29, 1.82) is 0 Å². The Bertz CT molecular complexity index is 10200. The summed E-state index contributed by atoms with van der Waals surface area (Å²) in [6.07, 6.45) is 0. The van der Waals surface area contributed by atoms with Crippen LogP contribution in [0.15, 0.2) is 516 Å². The van der Waals surface area contributed by atoms with Crippen molar-refractivity contribution in [1.82, 2.24) is 53.2 Å². The number of pyridine rings is 1. The van der Waals surface area contributed by atoms with Gasteiger partial charge in [-0.1, -0.05) is 400 Å². The van der Waals surface area contributed by atoms with Crippen molar-refractivity contribution >= 4 is 163 Å². The zero-order chi connectivity index (χ0) is 96.2. The van der Waals surface area contributed by atoms with E-state index >= 15 is 0 Å². The second-order valence-corrected chi connectivity index (χ2v) is 37.3. The molecule has 23 aromatic carbocycles. The fourth-order valence-electron chi connectivity index (χ4n) is 22.2. The average Bonchev–Trinajstić information content (AvgIpc) is 1.53. The van der Waals surface area contributed by atoms with Gasteiger partial charge < -0.3 is 13.7 Å². The highest BCUT2D eigenvalue weighted by Gasteiger charge is 2.26. The number of nitrogens with zero attached hydrogens (tertiary/aromatic N) is 11. The van der Waals surface area contributed by atoms with Crippen LogP contribution in [0.4, 0.5) is 0 Å². The maximum absolute atomic E-state index is 5.24. The summed E-state index contributed by atoms with van der Waals surface area (Å²) in [6.45, 7) is 0. The van der Waals surface area contributed by atoms with Crippen LogP contribution in [0.25, 0.3) is 276 Å². The molecule has 0 saturated heterocycles. The Labute approximate surface area is 839 Å². The van der Waals surface area contributed by atoms with Gasteiger partial charge in [0.15, 0.2) is 34.9 Å². The van der Waals surface area contributed by atoms with E-state index in [-0.39, 0.29) is 0 Å². The summed E-state index contributed by atoms with van der Waals surface area (Å²) < 4.78 is 9.51. The zero-order valence-corrected chi connectivity index (χ0v) is 79.0. The highest BCUT2D eigenvalue weighted by Crippen LogP contribution is 2.48. The van der Waals surface area contributed by atoms with Crippen molar-refractivity contribution in [3.05, 3.63) is 516 Å². The molecule has 0 aliphatic carbocycles. The summed E-state index contributed by atoms with van der Waals surface area (Å²) in [6, 6.07) is 183. The summed E-state index contributed by atoms with van der Waals surface area (Å²) in [5.74, 6) is 4.80. The Morgan fingerprint density at radius 1 is 0.137 bits per heavy atom. The van der Waals surface area contributed by atoms with Crippen LogP contribution in [-0.4, -0.2) is 53.2 Å². The van der Waals surface area contributed by atoms with Crippen LogP contribution in [-0.2, 0) is 0 Å². The van der Waals surface area contributed by atoms with E-state index in [4.69, 9.17) is 34.9 Å². The first-order chi connectivity index (χ1) is 72.4. The van der Waals surface area contributed by atoms with Gasteiger partial charge in [-0.2, -0.15) is 0 Å². The van der Waals surface area contributed by atoms with Crippen molar-refractivity contribution < 1.29 is 0 Å². The molecule has 0 atom stereocenters. The number of fused-ring (bicyclic) bond motifs is 23. The third-order valence-corrected chi connectivity index (χ3v) is 28.9. The fourth-order valence-corrected chi connectivity index (χ4v) is 22.2. The molecule has 0 fully saturated rings. The monoisotopic (exact) mass is 1860 g/mol. The molecule has 0 N–H and O–H groups in total. The van der Waals surface area contributed by atoms with Crippen LogP contribution in [0.1, 0.15) is 0 Å². The van der Waals surface area contributed by atoms with Crippen LogP contribution in [0.3, 0.4) is 0 Å². The molecule has 0 unspecified atom stereocenters. The van der Waals surface area contributed by atoms with Crippen LogP contribution in [0.2, 0.25) is 0 Å². The Hall–Kier alpha value is -19.8. The molecule has 7 heterocycles. The summed E-state index contributed by atoms with van der Waals surface area (Å²) in [5.41, 5.74) is 24.2. The number of hydrogen-bond donors (Lipinski definition) is 0. The summed E-state index contributed by atoms with van der Waals surface area (Å²) in [5, 5.41) is 25.7. The number of hydrogen-bond acceptors (Lipinski definition) is 7. The lowest BCUT2D eigenvalue weighted by Gasteiger charge is -2.15. The molecule has 7 aromatic heterocycles. The molecular formula is C135H85N11. The Balaban J connectivity index is 0.000000106. The standard InChI is InChI=1S/2C45H28N4.C45H29N3/c1-3-15-31(16-4-1)43-46-44(32-17-5-2-6-18-32)48-45(47-43)37-25-28-38(36-22-12-11-21-35(36)37)49-39-26-23-29-13-7-9-19-33(29)41(39)42-34-20-10-8-14-30(34)24-27-40(42)49;1-2-14-32(15-3-1)43-46-44(48-45(47-43)35-22-21-29-11-4-5-16-33(29)27-35)34-17-10-18-36(28-34)49-39-25-23-30-12-6-8-19-37(30)41(39)42-38-20-9-7-13-31(38)24-26-40(42)49;1-3-13-30(14-4-1)37-29-45(46-40-20-10-7-17-34(37)40)48-42-22-12-9-19-36(42)39-28-32(24-26-44(39)48)31-23-25-43-38(27-31)35-18-8-11-21-41(35)47(43)33-15-5-2-6-16-33/h2*1-28H;1-29H. The van der Waals surface area contributed by atoms with Gasteiger partial charge in [-0.25, -0.2) is 34.9 Å². The van der Waals surface area contributed by atoms with Gasteiger partial charge in [-0.05, 0) is 197 Å². The van der Waals surface area contributed by atoms with Gasteiger partial charge in [0.05, 0.1) is 55.3 Å². The van der Waals surface area contributed by atoms with E-state index in [9.17, 15) is 0 Å². The van der Waals surface area contributed by atoms with Gasteiger partial charge in [0, 0.05) is 98.6 Å². The number of para-hydroxylation sites is 4. The molecule has 0 aliphatic heterocycles. The van der Waals surface area contributed by atoms with Crippen molar-refractivity contribution in [3.8, 4) is 113 Å². The largest absolute Gasteiger partial charge is 0.309 e. The maximum atomic E-state index is 5.24. The van der Waals surface area contributed by atoms with Crippen LogP contribution in [0.5, 0.6) is 0 Å². The normalized spacial score (nSPS) is 11.7. The lowest BCUT2D eigenvalue weighted by atomic mass is 10.00. The van der Waals surface area contributed by atoms with E-state index in [1.54, 1.807) is 0 Å². The van der Waals surface area contributed by atoms with Crippen molar-refractivity contribution in [2.24, 2.45) is 0 Å². The smallest absolute Gasteiger partial charge is 0.164 e. The van der Waals surface area contributed by atoms with Crippen molar-refractivity contribution in [2.45, 2.75) is 0 Å². The molecule has 11 heteroatoms. The summed E-state index contributed by atoms with van der Waals surface area (Å²) >= 11 is 0. The molecule has 0 radical (unpaired) electrons.